The van der Waals surface area contributed by atoms with Crippen LogP contribution < -0.4 is 0 Å². The van der Waals surface area contributed by atoms with Crippen LogP contribution in [0, 0.1) is 10.8 Å². The van der Waals surface area contributed by atoms with Gasteiger partial charge >= 0.3 is 0 Å². The molecule has 2 unspecified atom stereocenters. The summed E-state index contributed by atoms with van der Waals surface area (Å²) in [4.78, 5) is 15.4. The molecule has 2 aromatic carbocycles. The molecular weight excluding hydrogens is 452 g/mol. The quantitative estimate of drug-likeness (QED) is 0.413. The lowest BCUT2D eigenvalue weighted by Crippen LogP contribution is -2.38. The molecule has 5 nitrogen and oxygen atoms in total. The van der Waals surface area contributed by atoms with E-state index in [0.29, 0.717) is 27.8 Å². The maximum atomic E-state index is 13.3. The molecule has 2 heterocycles. The number of benzene rings is 2. The number of hydrogen-bond donors (Lipinski definition) is 0. The van der Waals surface area contributed by atoms with Crippen molar-refractivity contribution in [2.75, 3.05) is 12.3 Å². The summed E-state index contributed by atoms with van der Waals surface area (Å²) in [6.45, 7) is 7.86. The highest BCUT2D eigenvalue weighted by Crippen LogP contribution is 2.52. The summed E-state index contributed by atoms with van der Waals surface area (Å²) in [6.07, 6.45) is 3.37. The number of carbonyl (C=O) groups excluding carboxylic acids is 1. The van der Waals surface area contributed by atoms with Crippen molar-refractivity contribution >= 4 is 29.3 Å². The first-order chi connectivity index (χ1) is 15.7. The van der Waals surface area contributed by atoms with Crippen molar-refractivity contribution in [3.05, 3.63) is 59.6 Å². The van der Waals surface area contributed by atoms with Gasteiger partial charge in [-0.05, 0) is 54.4 Å². The van der Waals surface area contributed by atoms with E-state index in [1.54, 1.807) is 0 Å². The topological polar surface area (TPSA) is 51.0 Å². The Bertz CT molecular complexity index is 1180. The molecule has 172 valence electrons. The highest BCUT2D eigenvalue weighted by Gasteiger charge is 2.50. The molecule has 3 aromatic rings. The van der Waals surface area contributed by atoms with Crippen molar-refractivity contribution in [2.24, 2.45) is 10.8 Å². The molecule has 1 saturated heterocycles. The van der Waals surface area contributed by atoms with Gasteiger partial charge in [-0.3, -0.25) is 9.36 Å². The number of rotatable bonds is 5. The van der Waals surface area contributed by atoms with Crippen LogP contribution >= 0.6 is 23.4 Å². The fraction of sp³-hybridized carbons (Fsp3) is 0.423. The third kappa shape index (κ3) is 4.43. The predicted molar refractivity (Wildman–Crippen MR) is 134 cm³/mol. The minimum absolute atomic E-state index is 0.188. The number of para-hydroxylation sites is 1. The van der Waals surface area contributed by atoms with Crippen LogP contribution in [0.3, 0.4) is 0 Å². The summed E-state index contributed by atoms with van der Waals surface area (Å²) in [5, 5.41) is 10.2. The molecule has 2 atom stereocenters. The molecule has 0 spiro atoms. The Morgan fingerprint density at radius 1 is 1.06 bits per heavy atom. The Morgan fingerprint density at radius 2 is 1.79 bits per heavy atom. The Morgan fingerprint density at radius 3 is 2.55 bits per heavy atom. The van der Waals surface area contributed by atoms with E-state index in [9.17, 15) is 4.79 Å². The number of likely N-dealkylation sites (tertiary alicyclic amines) is 1. The summed E-state index contributed by atoms with van der Waals surface area (Å²) in [7, 11) is 0. The second-order valence-electron chi connectivity index (χ2n) is 10.5. The van der Waals surface area contributed by atoms with Crippen molar-refractivity contribution < 1.29 is 4.79 Å². The van der Waals surface area contributed by atoms with Crippen LogP contribution in [0.1, 0.15) is 40.0 Å². The minimum Gasteiger partial charge on any atom is -0.338 e. The van der Waals surface area contributed by atoms with E-state index in [0.717, 1.165) is 30.6 Å². The van der Waals surface area contributed by atoms with Crippen LogP contribution in [0.2, 0.25) is 5.02 Å². The SMILES string of the molecule is CC1(C)CC2CC(C)(CN2C(=O)CSc2nnc(-c3ccccc3Cl)n2-c2ccccc2)C1. The Kier molecular flexibility index (Phi) is 5.78. The number of carbonyl (C=O) groups is 1. The first kappa shape index (κ1) is 22.5. The van der Waals surface area contributed by atoms with Gasteiger partial charge in [0.25, 0.3) is 0 Å². The third-order valence-corrected chi connectivity index (χ3v) is 8.07. The van der Waals surface area contributed by atoms with E-state index in [4.69, 9.17) is 11.6 Å². The minimum atomic E-state index is 0.188. The maximum absolute atomic E-state index is 13.3. The van der Waals surface area contributed by atoms with E-state index >= 15 is 0 Å². The van der Waals surface area contributed by atoms with Crippen LogP contribution in [0.25, 0.3) is 17.1 Å². The van der Waals surface area contributed by atoms with E-state index in [1.165, 1.54) is 18.2 Å². The average molecular weight is 481 g/mol. The second-order valence-corrected chi connectivity index (χ2v) is 11.8. The van der Waals surface area contributed by atoms with Gasteiger partial charge in [0.1, 0.15) is 0 Å². The predicted octanol–water partition coefficient (Wildman–Crippen LogP) is 6.11. The van der Waals surface area contributed by atoms with Crippen molar-refractivity contribution in [1.82, 2.24) is 19.7 Å². The van der Waals surface area contributed by atoms with Crippen molar-refractivity contribution in [3.8, 4) is 17.1 Å². The van der Waals surface area contributed by atoms with E-state index in [2.05, 4.69) is 35.9 Å². The van der Waals surface area contributed by atoms with Crippen molar-refractivity contribution in [2.45, 2.75) is 51.2 Å². The Balaban J connectivity index is 1.41. The molecule has 7 heteroatoms. The molecule has 2 bridgehead atoms. The monoisotopic (exact) mass is 480 g/mol. The molecule has 2 fully saturated rings. The van der Waals surface area contributed by atoms with Gasteiger partial charge < -0.3 is 4.90 Å². The van der Waals surface area contributed by atoms with Gasteiger partial charge in [0.05, 0.1) is 10.8 Å². The first-order valence-corrected chi connectivity index (χ1v) is 12.8. The van der Waals surface area contributed by atoms with E-state index < -0.39 is 0 Å². The average Bonchev–Trinajstić information content (AvgIpc) is 3.30. The molecule has 0 N–H and O–H groups in total. The molecule has 2 aliphatic rings. The lowest BCUT2D eigenvalue weighted by molar-refractivity contribution is -0.129. The van der Waals surface area contributed by atoms with Gasteiger partial charge in [-0.15, -0.1) is 10.2 Å². The molecule has 0 radical (unpaired) electrons. The molecule has 1 aliphatic carbocycles. The fourth-order valence-corrected chi connectivity index (χ4v) is 7.01. The van der Waals surface area contributed by atoms with Gasteiger partial charge in [0.15, 0.2) is 11.0 Å². The smallest absolute Gasteiger partial charge is 0.233 e. The number of amides is 1. The summed E-state index contributed by atoms with van der Waals surface area (Å²) in [5.41, 5.74) is 2.28. The van der Waals surface area contributed by atoms with Crippen LogP contribution in [0.15, 0.2) is 59.8 Å². The molecule has 1 aliphatic heterocycles. The Labute approximate surface area is 204 Å². The van der Waals surface area contributed by atoms with Gasteiger partial charge in [0.2, 0.25) is 5.91 Å². The number of halogens is 1. The third-order valence-electron chi connectivity index (χ3n) is 6.82. The number of nitrogens with zero attached hydrogens (tertiary/aromatic N) is 4. The zero-order chi connectivity index (χ0) is 23.2. The lowest BCUT2D eigenvalue weighted by Gasteiger charge is -2.39. The largest absolute Gasteiger partial charge is 0.338 e. The summed E-state index contributed by atoms with van der Waals surface area (Å²) in [5.74, 6) is 1.21. The summed E-state index contributed by atoms with van der Waals surface area (Å²) < 4.78 is 1.99. The fourth-order valence-electron chi connectivity index (χ4n) is 5.95. The first-order valence-electron chi connectivity index (χ1n) is 11.4. The summed E-state index contributed by atoms with van der Waals surface area (Å²) in [6, 6.07) is 18.0. The van der Waals surface area contributed by atoms with Gasteiger partial charge in [-0.2, -0.15) is 0 Å². The van der Waals surface area contributed by atoms with Gasteiger partial charge in [-0.1, -0.05) is 74.5 Å². The lowest BCUT2D eigenvalue weighted by atomic mass is 9.65. The zero-order valence-corrected chi connectivity index (χ0v) is 20.9. The van der Waals surface area contributed by atoms with Crippen LogP contribution in [-0.2, 0) is 4.79 Å². The number of aromatic nitrogens is 3. The molecule has 5 rings (SSSR count). The van der Waals surface area contributed by atoms with E-state index in [-0.39, 0.29) is 16.7 Å². The van der Waals surface area contributed by atoms with E-state index in [1.807, 2.05) is 59.2 Å². The number of thioether (sulfide) groups is 1. The molecule has 1 saturated carbocycles. The molecular formula is C26H29ClN4OS. The van der Waals surface area contributed by atoms with Gasteiger partial charge in [0, 0.05) is 23.8 Å². The molecule has 1 amide bonds. The second kappa shape index (κ2) is 8.48. The standard InChI is InChI=1S/C26H29ClN4OS/c1-25(2)13-19-14-26(3,16-25)17-30(19)22(32)15-33-24-29-28-23(20-11-7-8-12-21(20)27)31(24)18-9-5-4-6-10-18/h4-12,19H,13-17H2,1-3H3. The molecule has 33 heavy (non-hydrogen) atoms. The molecule has 1 aromatic heterocycles. The Hall–Kier alpha value is -2.31. The zero-order valence-electron chi connectivity index (χ0n) is 19.3. The van der Waals surface area contributed by atoms with Crippen LogP contribution in [0.5, 0.6) is 0 Å². The van der Waals surface area contributed by atoms with Crippen molar-refractivity contribution in [3.63, 3.8) is 0 Å². The number of fused-ring (bicyclic) bond motifs is 2. The van der Waals surface area contributed by atoms with Crippen LogP contribution in [0.4, 0.5) is 0 Å². The highest BCUT2D eigenvalue weighted by atomic mass is 35.5. The summed E-state index contributed by atoms with van der Waals surface area (Å²) >= 11 is 7.93. The normalized spacial score (nSPS) is 23.6. The van der Waals surface area contributed by atoms with Gasteiger partial charge in [-0.25, -0.2) is 0 Å². The van der Waals surface area contributed by atoms with Crippen molar-refractivity contribution in [1.29, 1.82) is 0 Å². The maximum Gasteiger partial charge on any atom is 0.233 e. The highest BCUT2D eigenvalue weighted by molar-refractivity contribution is 7.99. The number of hydrogen-bond acceptors (Lipinski definition) is 4. The van der Waals surface area contributed by atoms with Crippen LogP contribution in [-0.4, -0.2) is 43.9 Å².